The fourth-order valence-electron chi connectivity index (χ4n) is 3.92. The number of aromatic nitrogens is 3. The number of rotatable bonds is 7. The molecule has 0 bridgehead atoms. The van der Waals surface area contributed by atoms with Gasteiger partial charge < -0.3 is 4.74 Å². The zero-order valence-corrected chi connectivity index (χ0v) is 19.2. The third-order valence-corrected chi connectivity index (χ3v) is 5.68. The molecule has 0 radical (unpaired) electrons. The second-order valence-corrected chi connectivity index (χ2v) is 8.23. The van der Waals surface area contributed by atoms with Gasteiger partial charge in [0.2, 0.25) is 0 Å². The molecule has 0 saturated carbocycles. The average molecular weight is 445 g/mol. The Balaban J connectivity index is 1.93. The minimum Gasteiger partial charge on any atom is -0.378 e. The molecule has 0 fully saturated rings. The maximum Gasteiger partial charge on any atom is 0.272 e. The lowest BCUT2D eigenvalue weighted by atomic mass is 9.97. The Hall–Kier alpha value is -2.71. The van der Waals surface area contributed by atoms with Gasteiger partial charge in [-0.2, -0.15) is 0 Å². The quantitative estimate of drug-likeness (QED) is 0.608. The zero-order valence-electron chi connectivity index (χ0n) is 19.2. The Morgan fingerprint density at radius 2 is 2.12 bits per heavy atom. The highest BCUT2D eigenvalue weighted by Crippen LogP contribution is 2.30. The Bertz CT molecular complexity index is 1090. The molecule has 6 nitrogen and oxygen atoms in total. The summed E-state index contributed by atoms with van der Waals surface area (Å²) in [4.78, 5) is 23.4. The van der Waals surface area contributed by atoms with Crippen LogP contribution in [-0.2, 0) is 37.3 Å². The molecular weight excluding hydrogens is 414 g/mol. The van der Waals surface area contributed by atoms with Crippen molar-refractivity contribution in [2.24, 2.45) is 7.05 Å². The Morgan fingerprint density at radius 1 is 1.38 bits per heavy atom. The van der Waals surface area contributed by atoms with Gasteiger partial charge in [0, 0.05) is 70.2 Å². The second-order valence-electron chi connectivity index (χ2n) is 8.23. The lowest BCUT2D eigenvalue weighted by Gasteiger charge is -2.34. The van der Waals surface area contributed by atoms with Gasteiger partial charge in [-0.1, -0.05) is 12.2 Å². The normalized spacial score (nSPS) is 16.4. The van der Waals surface area contributed by atoms with Gasteiger partial charge in [0.1, 0.15) is 5.82 Å². The number of hydrogen-bond acceptors (Lipinski definition) is 5. The molecule has 1 aliphatic heterocycles. The summed E-state index contributed by atoms with van der Waals surface area (Å²) in [5, 5.41) is 0. The van der Waals surface area contributed by atoms with Crippen LogP contribution in [0.3, 0.4) is 0 Å². The number of hydrogen-bond donors (Lipinski definition) is 0. The van der Waals surface area contributed by atoms with Crippen molar-refractivity contribution in [2.75, 3.05) is 13.7 Å². The molecule has 1 aliphatic rings. The van der Waals surface area contributed by atoms with Gasteiger partial charge in [0.15, 0.2) is 0 Å². The van der Waals surface area contributed by atoms with Gasteiger partial charge in [-0.25, -0.2) is 13.8 Å². The first-order valence-corrected chi connectivity index (χ1v) is 10.6. The molecule has 1 atom stereocenters. The summed E-state index contributed by atoms with van der Waals surface area (Å²) in [5.74, 6) is -2.38. The van der Waals surface area contributed by atoms with Gasteiger partial charge in [-0.15, -0.1) is 0 Å². The third-order valence-electron chi connectivity index (χ3n) is 5.68. The zero-order chi connectivity index (χ0) is 23.5. The fraction of sp³-hybridized carbons (Fsp3) is 0.458. The molecule has 2 aromatic heterocycles. The van der Waals surface area contributed by atoms with Crippen LogP contribution < -0.4 is 5.56 Å². The monoisotopic (exact) mass is 444 g/mol. The van der Waals surface area contributed by atoms with Crippen LogP contribution in [0.2, 0.25) is 0 Å². The fourth-order valence-corrected chi connectivity index (χ4v) is 3.92. The van der Waals surface area contributed by atoms with Gasteiger partial charge in [0.25, 0.3) is 11.5 Å². The van der Waals surface area contributed by atoms with E-state index in [1.165, 1.54) is 16.8 Å². The van der Waals surface area contributed by atoms with Crippen molar-refractivity contribution in [3.05, 3.63) is 74.7 Å². The molecule has 1 unspecified atom stereocenters. The van der Waals surface area contributed by atoms with E-state index < -0.39 is 5.92 Å². The molecule has 2 aromatic rings. The summed E-state index contributed by atoms with van der Waals surface area (Å²) in [7, 11) is 3.25. The van der Waals surface area contributed by atoms with E-state index in [0.29, 0.717) is 24.5 Å². The van der Waals surface area contributed by atoms with E-state index in [2.05, 4.69) is 20.9 Å². The Labute approximate surface area is 187 Å². The maximum atomic E-state index is 13.8. The largest absolute Gasteiger partial charge is 0.378 e. The van der Waals surface area contributed by atoms with Crippen LogP contribution in [0.15, 0.2) is 40.8 Å². The number of fused-ring (bicyclic) bond motifs is 1. The molecule has 32 heavy (non-hydrogen) atoms. The highest BCUT2D eigenvalue weighted by molar-refractivity contribution is 5.48. The van der Waals surface area contributed by atoms with Crippen LogP contribution in [0, 0.1) is 0 Å². The predicted octanol–water partition coefficient (Wildman–Crippen LogP) is 3.84. The Morgan fingerprint density at radius 3 is 2.78 bits per heavy atom. The van der Waals surface area contributed by atoms with Crippen LogP contribution in [-0.4, -0.2) is 39.1 Å². The van der Waals surface area contributed by atoms with Crippen LogP contribution in [0.1, 0.15) is 49.1 Å². The van der Waals surface area contributed by atoms with E-state index in [0.717, 1.165) is 30.3 Å². The number of allylic oxidation sites excluding steroid dienone is 1. The molecule has 0 aliphatic carbocycles. The SMILES string of the molecule is C/C=C\C(/C(C)=C\c1nc(COC)cc(=O)n1C)N1CCc2ncc(C(C)(F)F)cc2C1. The molecule has 0 spiro atoms. The highest BCUT2D eigenvalue weighted by Gasteiger charge is 2.29. The molecule has 8 heteroatoms. The van der Waals surface area contributed by atoms with Crippen LogP contribution >= 0.6 is 0 Å². The molecule has 3 heterocycles. The first kappa shape index (κ1) is 23.9. The first-order chi connectivity index (χ1) is 15.1. The van der Waals surface area contributed by atoms with Crippen LogP contribution in [0.25, 0.3) is 6.08 Å². The van der Waals surface area contributed by atoms with E-state index in [4.69, 9.17) is 4.74 Å². The van der Waals surface area contributed by atoms with Crippen LogP contribution in [0.4, 0.5) is 8.78 Å². The molecular formula is C24H30F2N4O2. The Kier molecular flexibility index (Phi) is 7.36. The number of methoxy groups -OCH3 is 1. The predicted molar refractivity (Wildman–Crippen MR) is 120 cm³/mol. The maximum absolute atomic E-state index is 13.8. The lowest BCUT2D eigenvalue weighted by Crippen LogP contribution is -2.39. The van der Waals surface area contributed by atoms with Crippen molar-refractivity contribution >= 4 is 6.08 Å². The number of alkyl halides is 2. The van der Waals surface area contributed by atoms with Gasteiger partial charge in [-0.3, -0.25) is 19.2 Å². The van der Waals surface area contributed by atoms with Crippen molar-refractivity contribution in [2.45, 2.75) is 52.3 Å². The van der Waals surface area contributed by atoms with Crippen molar-refractivity contribution in [3.63, 3.8) is 0 Å². The van der Waals surface area contributed by atoms with Crippen molar-refractivity contribution < 1.29 is 13.5 Å². The molecule has 0 saturated heterocycles. The number of halogens is 2. The molecule has 172 valence electrons. The standard InChI is InChI=1S/C24H30F2N4O2/c1-6-7-21(16(2)10-22-28-19(15-32-5)12-23(31)29(22)4)30-9-8-20-17(14-30)11-18(13-27-20)24(3,25)26/h6-7,10-13,21H,8-9,14-15H2,1-5H3/b7-6-,16-10-. The molecule has 0 N–H and O–H groups in total. The number of pyridine rings is 1. The van der Waals surface area contributed by atoms with E-state index in [1.54, 1.807) is 20.2 Å². The smallest absolute Gasteiger partial charge is 0.272 e. The second kappa shape index (κ2) is 9.83. The molecule has 0 aromatic carbocycles. The highest BCUT2D eigenvalue weighted by atomic mass is 19.3. The van der Waals surface area contributed by atoms with Crippen molar-refractivity contribution in [1.82, 2.24) is 19.4 Å². The van der Waals surface area contributed by atoms with Gasteiger partial charge in [0.05, 0.1) is 12.3 Å². The van der Waals surface area contributed by atoms with E-state index >= 15 is 0 Å². The summed E-state index contributed by atoms with van der Waals surface area (Å²) in [5.41, 5.74) is 3.04. The minimum absolute atomic E-state index is 0.0675. The van der Waals surface area contributed by atoms with E-state index in [9.17, 15) is 13.6 Å². The summed E-state index contributed by atoms with van der Waals surface area (Å²) >= 11 is 0. The minimum atomic E-state index is -2.92. The first-order valence-electron chi connectivity index (χ1n) is 10.6. The van der Waals surface area contributed by atoms with Gasteiger partial charge in [-0.05, 0) is 37.1 Å². The number of nitrogens with zero attached hydrogens (tertiary/aromatic N) is 4. The summed E-state index contributed by atoms with van der Waals surface area (Å²) < 4.78 is 34.2. The van der Waals surface area contributed by atoms with Crippen LogP contribution in [0.5, 0.6) is 0 Å². The van der Waals surface area contributed by atoms with Crippen molar-refractivity contribution in [1.29, 1.82) is 0 Å². The average Bonchev–Trinajstić information content (AvgIpc) is 2.74. The van der Waals surface area contributed by atoms with E-state index in [1.807, 2.05) is 26.0 Å². The van der Waals surface area contributed by atoms with Gasteiger partial charge >= 0.3 is 0 Å². The topological polar surface area (TPSA) is 60.2 Å². The molecule has 3 rings (SSSR count). The van der Waals surface area contributed by atoms with E-state index in [-0.39, 0.29) is 23.8 Å². The third kappa shape index (κ3) is 5.37. The summed E-state index contributed by atoms with van der Waals surface area (Å²) in [6, 6.07) is 2.97. The summed E-state index contributed by atoms with van der Waals surface area (Å²) in [6.45, 7) is 6.35. The summed E-state index contributed by atoms with van der Waals surface area (Å²) in [6.07, 6.45) is 7.91. The number of ether oxygens (including phenoxy) is 1. The lowest BCUT2D eigenvalue weighted by molar-refractivity contribution is 0.0168. The van der Waals surface area contributed by atoms with Crippen molar-refractivity contribution in [3.8, 4) is 0 Å². The molecule has 0 amide bonds.